The number of pyridine rings is 1. The van der Waals surface area contributed by atoms with Gasteiger partial charge < -0.3 is 15.0 Å². The van der Waals surface area contributed by atoms with Crippen molar-refractivity contribution in [3.8, 4) is 22.8 Å². The summed E-state index contributed by atoms with van der Waals surface area (Å²) in [5.74, 6) is 2.38. The van der Waals surface area contributed by atoms with Gasteiger partial charge in [-0.15, -0.1) is 0 Å². The fourth-order valence-electron chi connectivity index (χ4n) is 4.20. The largest absolute Gasteiger partial charge is 0.381 e. The van der Waals surface area contributed by atoms with Crippen molar-refractivity contribution in [1.29, 1.82) is 0 Å². The third kappa shape index (κ3) is 3.53. The maximum Gasteiger partial charge on any atom is 0.199 e. The number of aromatic nitrogens is 6. The normalized spacial score (nSPS) is 21.5. The van der Waals surface area contributed by atoms with E-state index in [2.05, 4.69) is 35.4 Å². The molecule has 2 N–H and O–H groups in total. The van der Waals surface area contributed by atoms with Crippen LogP contribution in [-0.4, -0.2) is 62.5 Å². The number of anilines is 2. The van der Waals surface area contributed by atoms with Gasteiger partial charge in [0.05, 0.1) is 18.0 Å². The molecule has 9 heteroatoms. The average molecular weight is 392 g/mol. The predicted molar refractivity (Wildman–Crippen MR) is 110 cm³/mol. The van der Waals surface area contributed by atoms with Gasteiger partial charge in [0.25, 0.3) is 0 Å². The van der Waals surface area contributed by atoms with Crippen molar-refractivity contribution < 1.29 is 4.74 Å². The second-order valence-corrected chi connectivity index (χ2v) is 7.47. The van der Waals surface area contributed by atoms with Crippen LogP contribution >= 0.6 is 0 Å². The third-order valence-corrected chi connectivity index (χ3v) is 5.79. The van der Waals surface area contributed by atoms with Crippen molar-refractivity contribution in [1.82, 2.24) is 30.1 Å². The molecule has 0 saturated heterocycles. The second-order valence-electron chi connectivity index (χ2n) is 7.47. The van der Waals surface area contributed by atoms with E-state index < -0.39 is 0 Å². The lowest BCUT2D eigenvalue weighted by Gasteiger charge is -2.40. The van der Waals surface area contributed by atoms with E-state index in [4.69, 9.17) is 9.72 Å². The van der Waals surface area contributed by atoms with Crippen LogP contribution in [0.1, 0.15) is 25.7 Å². The lowest BCUT2D eigenvalue weighted by Crippen LogP contribution is -2.45. The molecule has 9 nitrogen and oxygen atoms in total. The second kappa shape index (κ2) is 7.75. The minimum Gasteiger partial charge on any atom is -0.381 e. The van der Waals surface area contributed by atoms with Gasteiger partial charge in [-0.1, -0.05) is 0 Å². The number of fused-ring (bicyclic) bond motifs is 1. The molecule has 4 heterocycles. The molecule has 5 rings (SSSR count). The minimum absolute atomic E-state index is 0.389. The summed E-state index contributed by atoms with van der Waals surface area (Å²) >= 11 is 0. The van der Waals surface area contributed by atoms with E-state index in [1.165, 1.54) is 0 Å². The molecule has 3 aromatic rings. The number of hydrogen-bond donors (Lipinski definition) is 2. The summed E-state index contributed by atoms with van der Waals surface area (Å²) in [4.78, 5) is 20.6. The van der Waals surface area contributed by atoms with Crippen LogP contribution < -0.4 is 10.2 Å². The molecule has 1 saturated carbocycles. The highest BCUT2D eigenvalue weighted by molar-refractivity contribution is 5.69. The topological polar surface area (TPSA) is 105 Å². The Morgan fingerprint density at radius 2 is 1.93 bits per heavy atom. The summed E-state index contributed by atoms with van der Waals surface area (Å²) in [5.41, 5.74) is 2.46. The molecule has 3 aromatic heterocycles. The molecule has 0 unspecified atom stereocenters. The molecule has 0 amide bonds. The van der Waals surface area contributed by atoms with E-state index in [9.17, 15) is 0 Å². The summed E-state index contributed by atoms with van der Waals surface area (Å²) in [6, 6.07) is 4.37. The van der Waals surface area contributed by atoms with Gasteiger partial charge in [0.15, 0.2) is 17.5 Å². The van der Waals surface area contributed by atoms with Crippen LogP contribution in [0.5, 0.6) is 0 Å². The maximum atomic E-state index is 5.53. The number of H-pyrrole nitrogens is 1. The van der Waals surface area contributed by atoms with Crippen molar-refractivity contribution in [2.45, 2.75) is 37.8 Å². The highest BCUT2D eigenvalue weighted by atomic mass is 16.5. The monoisotopic (exact) mass is 392 g/mol. The molecule has 29 heavy (non-hydrogen) atoms. The number of rotatable bonds is 4. The van der Waals surface area contributed by atoms with Gasteiger partial charge in [0, 0.05) is 38.0 Å². The third-order valence-electron chi connectivity index (χ3n) is 5.79. The van der Waals surface area contributed by atoms with Crippen LogP contribution in [0.15, 0.2) is 30.9 Å². The van der Waals surface area contributed by atoms with Gasteiger partial charge in [-0.05, 0) is 37.8 Å². The molecule has 2 aliphatic rings. The van der Waals surface area contributed by atoms with Gasteiger partial charge >= 0.3 is 0 Å². The van der Waals surface area contributed by atoms with Crippen LogP contribution in [0.25, 0.3) is 22.8 Å². The zero-order valence-electron chi connectivity index (χ0n) is 16.4. The van der Waals surface area contributed by atoms with E-state index in [0.717, 1.165) is 67.4 Å². The Labute approximate surface area is 169 Å². The molecule has 1 fully saturated rings. The van der Waals surface area contributed by atoms with E-state index >= 15 is 0 Å². The van der Waals surface area contributed by atoms with Crippen LogP contribution in [-0.2, 0) is 4.74 Å². The van der Waals surface area contributed by atoms with Gasteiger partial charge in [-0.25, -0.2) is 15.0 Å². The number of ether oxygens (including phenoxy) is 1. The Morgan fingerprint density at radius 1 is 1.03 bits per heavy atom. The van der Waals surface area contributed by atoms with Crippen molar-refractivity contribution in [3.05, 3.63) is 30.9 Å². The molecule has 0 bridgehead atoms. The first-order chi connectivity index (χ1) is 14.3. The van der Waals surface area contributed by atoms with E-state index in [1.54, 1.807) is 18.7 Å². The Bertz CT molecular complexity index is 951. The summed E-state index contributed by atoms with van der Waals surface area (Å²) in [6.45, 7) is 1.83. The van der Waals surface area contributed by atoms with Crippen molar-refractivity contribution in [2.24, 2.45) is 0 Å². The fourth-order valence-corrected chi connectivity index (χ4v) is 4.20. The highest BCUT2D eigenvalue weighted by Gasteiger charge is 2.30. The van der Waals surface area contributed by atoms with Gasteiger partial charge in [0.1, 0.15) is 12.0 Å². The Balaban J connectivity index is 1.41. The standard InChI is InChI=1S/C20H24N8O/c1-29-15-5-3-14(4-6-15)28-9-8-21-19-20(28)26-17(11-23-19)13-2-7-16(22-10-13)18-24-12-25-27-18/h2,7,10-12,14-15H,3-6,8-9H2,1H3,(H,21,23)(H,24,25,27)/t14-,15+. The SMILES string of the molecule is CO[C@H]1CC[C@@H](N2CCNc3ncc(-c4ccc(-c5nc[nH]n5)nc4)nc32)CC1. The molecule has 150 valence electrons. The average Bonchev–Trinajstić information content (AvgIpc) is 3.34. The fraction of sp³-hybridized carbons (Fsp3) is 0.450. The first-order valence-corrected chi connectivity index (χ1v) is 10.0. The van der Waals surface area contributed by atoms with E-state index in [0.29, 0.717) is 18.0 Å². The van der Waals surface area contributed by atoms with Crippen LogP contribution in [0, 0.1) is 0 Å². The maximum absolute atomic E-state index is 5.53. The Hall–Kier alpha value is -3.07. The summed E-state index contributed by atoms with van der Waals surface area (Å²) in [7, 11) is 1.81. The zero-order chi connectivity index (χ0) is 19.6. The number of nitrogens with one attached hydrogen (secondary N) is 2. The van der Waals surface area contributed by atoms with Crippen molar-refractivity contribution >= 4 is 11.6 Å². The minimum atomic E-state index is 0.389. The molecular formula is C20H24N8O. The molecule has 0 aromatic carbocycles. The molecule has 0 radical (unpaired) electrons. The van der Waals surface area contributed by atoms with Crippen LogP contribution in [0.4, 0.5) is 11.6 Å². The Morgan fingerprint density at radius 3 is 2.66 bits per heavy atom. The van der Waals surface area contributed by atoms with Gasteiger partial charge in [-0.3, -0.25) is 10.1 Å². The summed E-state index contributed by atoms with van der Waals surface area (Å²) in [6.07, 6.45) is 9.97. The predicted octanol–water partition coefficient (Wildman–Crippen LogP) is 2.51. The smallest absolute Gasteiger partial charge is 0.199 e. The number of methoxy groups -OCH3 is 1. The summed E-state index contributed by atoms with van der Waals surface area (Å²) < 4.78 is 5.53. The van der Waals surface area contributed by atoms with Crippen molar-refractivity contribution in [2.75, 3.05) is 30.4 Å². The number of nitrogens with zero attached hydrogens (tertiary/aromatic N) is 6. The van der Waals surface area contributed by atoms with Gasteiger partial charge in [0.2, 0.25) is 0 Å². The number of aromatic amines is 1. The van der Waals surface area contributed by atoms with E-state index in [-0.39, 0.29) is 0 Å². The quantitative estimate of drug-likeness (QED) is 0.698. The van der Waals surface area contributed by atoms with Crippen molar-refractivity contribution in [3.63, 3.8) is 0 Å². The van der Waals surface area contributed by atoms with E-state index in [1.807, 2.05) is 19.2 Å². The first kappa shape index (κ1) is 18.0. The zero-order valence-corrected chi connectivity index (χ0v) is 16.4. The lowest BCUT2D eigenvalue weighted by atomic mass is 9.91. The number of hydrogen-bond acceptors (Lipinski definition) is 8. The first-order valence-electron chi connectivity index (χ1n) is 10.0. The lowest BCUT2D eigenvalue weighted by molar-refractivity contribution is 0.0655. The van der Waals surface area contributed by atoms with Crippen LogP contribution in [0.2, 0.25) is 0 Å². The summed E-state index contributed by atoms with van der Waals surface area (Å²) in [5, 5.41) is 10.2. The molecule has 1 aliphatic carbocycles. The molecule has 0 atom stereocenters. The van der Waals surface area contributed by atoms with Crippen LogP contribution in [0.3, 0.4) is 0 Å². The molecule has 1 aliphatic heterocycles. The molecular weight excluding hydrogens is 368 g/mol. The molecule has 0 spiro atoms. The Kier molecular flexibility index (Phi) is 4.81. The highest BCUT2D eigenvalue weighted by Crippen LogP contribution is 2.34. The van der Waals surface area contributed by atoms with Gasteiger partial charge in [-0.2, -0.15) is 5.10 Å².